The first-order valence-corrected chi connectivity index (χ1v) is 7.71. The molecule has 0 spiro atoms. The number of nitrogens with two attached hydrogens (primary N) is 1. The summed E-state index contributed by atoms with van der Waals surface area (Å²) in [4.78, 5) is 13.9. The lowest BCUT2D eigenvalue weighted by atomic mass is 10.0. The zero-order valence-electron chi connectivity index (χ0n) is 12.9. The number of hydrogen-bond acceptors (Lipinski definition) is 4. The Kier molecular flexibility index (Phi) is 6.15. The van der Waals surface area contributed by atoms with Crippen LogP contribution in [0.1, 0.15) is 19.8 Å². The first kappa shape index (κ1) is 16.7. The summed E-state index contributed by atoms with van der Waals surface area (Å²) in [6, 6.07) is 5.80. The average molecular weight is 309 g/mol. The van der Waals surface area contributed by atoms with E-state index in [0.29, 0.717) is 12.4 Å². The summed E-state index contributed by atoms with van der Waals surface area (Å²) in [6.45, 7) is 4.94. The summed E-state index contributed by atoms with van der Waals surface area (Å²) in [5.41, 5.74) is 5.55. The zero-order valence-corrected chi connectivity index (χ0v) is 12.9. The van der Waals surface area contributed by atoms with Crippen LogP contribution in [-0.4, -0.2) is 49.1 Å². The predicted octanol–water partition coefficient (Wildman–Crippen LogP) is 1.13. The molecular formula is C16H24FN3O2. The van der Waals surface area contributed by atoms with Crippen LogP contribution in [0.4, 0.5) is 4.39 Å². The summed E-state index contributed by atoms with van der Waals surface area (Å²) in [7, 11) is 0. The Labute approximate surface area is 130 Å². The van der Waals surface area contributed by atoms with Crippen LogP contribution in [0.5, 0.6) is 5.75 Å². The van der Waals surface area contributed by atoms with E-state index < -0.39 is 6.04 Å². The fraction of sp³-hybridized carbons (Fsp3) is 0.562. The fourth-order valence-corrected chi connectivity index (χ4v) is 2.46. The number of piperidine rings is 1. The molecule has 1 aliphatic rings. The minimum Gasteiger partial charge on any atom is -0.492 e. The normalized spacial score (nSPS) is 18.0. The Morgan fingerprint density at radius 1 is 1.41 bits per heavy atom. The number of nitrogens with one attached hydrogen (secondary N) is 1. The highest BCUT2D eigenvalue weighted by Gasteiger charge is 2.21. The third-order valence-corrected chi connectivity index (χ3v) is 3.84. The molecule has 1 aromatic carbocycles. The smallest absolute Gasteiger partial charge is 0.236 e. The molecule has 5 nitrogen and oxygen atoms in total. The Morgan fingerprint density at radius 2 is 2.05 bits per heavy atom. The number of carbonyl (C=O) groups excluding carboxylic acids is 1. The van der Waals surface area contributed by atoms with Gasteiger partial charge in [0.2, 0.25) is 5.91 Å². The molecule has 0 unspecified atom stereocenters. The van der Waals surface area contributed by atoms with Gasteiger partial charge in [0, 0.05) is 25.7 Å². The number of likely N-dealkylation sites (tertiary alicyclic amines) is 1. The molecule has 0 radical (unpaired) electrons. The number of carbonyl (C=O) groups is 1. The average Bonchev–Trinajstić information content (AvgIpc) is 2.51. The standard InChI is InChI=1S/C16H24FN3O2/c1-12(18)16(21)19-14-6-8-20(9-7-14)10-11-22-15-4-2-13(17)3-5-15/h2-5,12,14H,6-11,18H2,1H3,(H,19,21)/t12-/m1/s1. The van der Waals surface area contributed by atoms with E-state index in [1.54, 1.807) is 19.1 Å². The highest BCUT2D eigenvalue weighted by atomic mass is 19.1. The van der Waals surface area contributed by atoms with Gasteiger partial charge >= 0.3 is 0 Å². The SMILES string of the molecule is C[C@@H](N)C(=O)NC1CCN(CCOc2ccc(F)cc2)CC1. The monoisotopic (exact) mass is 309 g/mol. The number of benzene rings is 1. The van der Waals surface area contributed by atoms with Crippen molar-refractivity contribution in [2.45, 2.75) is 31.8 Å². The van der Waals surface area contributed by atoms with Gasteiger partial charge in [-0.25, -0.2) is 4.39 Å². The molecule has 22 heavy (non-hydrogen) atoms. The molecule has 1 amide bonds. The highest BCUT2D eigenvalue weighted by Crippen LogP contribution is 2.13. The summed E-state index contributed by atoms with van der Waals surface area (Å²) in [5, 5.41) is 2.97. The minimum atomic E-state index is -0.456. The molecule has 1 aliphatic heterocycles. The molecule has 6 heteroatoms. The predicted molar refractivity (Wildman–Crippen MR) is 83.1 cm³/mol. The fourth-order valence-electron chi connectivity index (χ4n) is 2.46. The highest BCUT2D eigenvalue weighted by molar-refractivity contribution is 5.81. The van der Waals surface area contributed by atoms with E-state index in [-0.39, 0.29) is 17.8 Å². The molecule has 1 atom stereocenters. The molecule has 0 saturated carbocycles. The topological polar surface area (TPSA) is 67.6 Å². The van der Waals surface area contributed by atoms with Crippen molar-refractivity contribution in [2.75, 3.05) is 26.2 Å². The number of rotatable bonds is 6. The van der Waals surface area contributed by atoms with Crippen molar-refractivity contribution in [3.63, 3.8) is 0 Å². The summed E-state index contributed by atoms with van der Waals surface area (Å²) in [6.07, 6.45) is 1.85. The number of amides is 1. The first-order valence-electron chi connectivity index (χ1n) is 7.71. The summed E-state index contributed by atoms with van der Waals surface area (Å²) in [5.74, 6) is 0.335. The molecule has 1 saturated heterocycles. The van der Waals surface area contributed by atoms with E-state index in [1.165, 1.54) is 12.1 Å². The zero-order chi connectivity index (χ0) is 15.9. The van der Waals surface area contributed by atoms with Crippen LogP contribution in [0.2, 0.25) is 0 Å². The van der Waals surface area contributed by atoms with E-state index in [0.717, 1.165) is 32.5 Å². The summed E-state index contributed by atoms with van der Waals surface area (Å²) >= 11 is 0. The van der Waals surface area contributed by atoms with Gasteiger partial charge in [0.05, 0.1) is 6.04 Å². The lowest BCUT2D eigenvalue weighted by Crippen LogP contribution is -2.49. The van der Waals surface area contributed by atoms with Crippen molar-refractivity contribution in [1.29, 1.82) is 0 Å². The number of halogens is 1. The van der Waals surface area contributed by atoms with Gasteiger partial charge in [0.1, 0.15) is 18.2 Å². The van der Waals surface area contributed by atoms with Gasteiger partial charge in [-0.2, -0.15) is 0 Å². The Morgan fingerprint density at radius 3 is 2.64 bits per heavy atom. The molecule has 1 fully saturated rings. The van der Waals surface area contributed by atoms with Crippen molar-refractivity contribution in [2.24, 2.45) is 5.73 Å². The Hall–Kier alpha value is -1.66. The van der Waals surface area contributed by atoms with Crippen LogP contribution in [0, 0.1) is 5.82 Å². The van der Waals surface area contributed by atoms with E-state index in [1.807, 2.05) is 0 Å². The maximum Gasteiger partial charge on any atom is 0.236 e. The van der Waals surface area contributed by atoms with Crippen molar-refractivity contribution in [3.05, 3.63) is 30.1 Å². The van der Waals surface area contributed by atoms with Gasteiger partial charge in [-0.1, -0.05) is 0 Å². The van der Waals surface area contributed by atoms with Gasteiger partial charge in [-0.05, 0) is 44.0 Å². The van der Waals surface area contributed by atoms with Gasteiger partial charge in [0.25, 0.3) is 0 Å². The lowest BCUT2D eigenvalue weighted by Gasteiger charge is -2.32. The molecule has 3 N–H and O–H groups in total. The molecule has 1 aromatic rings. The van der Waals surface area contributed by atoms with E-state index >= 15 is 0 Å². The van der Waals surface area contributed by atoms with Crippen LogP contribution in [0.25, 0.3) is 0 Å². The largest absolute Gasteiger partial charge is 0.492 e. The quantitative estimate of drug-likeness (QED) is 0.827. The molecule has 2 rings (SSSR count). The van der Waals surface area contributed by atoms with E-state index in [4.69, 9.17) is 10.5 Å². The number of ether oxygens (including phenoxy) is 1. The van der Waals surface area contributed by atoms with Gasteiger partial charge in [-0.15, -0.1) is 0 Å². The second kappa shape index (κ2) is 8.10. The van der Waals surface area contributed by atoms with E-state index in [2.05, 4.69) is 10.2 Å². The van der Waals surface area contributed by atoms with Gasteiger partial charge in [-0.3, -0.25) is 9.69 Å². The van der Waals surface area contributed by atoms with Crippen LogP contribution in [0.3, 0.4) is 0 Å². The summed E-state index contributed by atoms with van der Waals surface area (Å²) < 4.78 is 18.4. The van der Waals surface area contributed by atoms with Crippen molar-refractivity contribution in [1.82, 2.24) is 10.2 Å². The Balaban J connectivity index is 1.63. The minimum absolute atomic E-state index is 0.0851. The molecule has 0 aromatic heterocycles. The second-order valence-corrected chi connectivity index (χ2v) is 5.72. The van der Waals surface area contributed by atoms with Crippen molar-refractivity contribution < 1.29 is 13.9 Å². The molecule has 0 aliphatic carbocycles. The third-order valence-electron chi connectivity index (χ3n) is 3.84. The van der Waals surface area contributed by atoms with Crippen molar-refractivity contribution in [3.8, 4) is 5.75 Å². The lowest BCUT2D eigenvalue weighted by molar-refractivity contribution is -0.123. The molecule has 122 valence electrons. The van der Waals surface area contributed by atoms with Crippen LogP contribution >= 0.6 is 0 Å². The molecule has 0 bridgehead atoms. The van der Waals surface area contributed by atoms with E-state index in [9.17, 15) is 9.18 Å². The second-order valence-electron chi connectivity index (χ2n) is 5.72. The van der Waals surface area contributed by atoms with Gasteiger partial charge in [0.15, 0.2) is 0 Å². The van der Waals surface area contributed by atoms with Crippen molar-refractivity contribution >= 4 is 5.91 Å². The van der Waals surface area contributed by atoms with Crippen LogP contribution in [0.15, 0.2) is 24.3 Å². The van der Waals surface area contributed by atoms with Crippen LogP contribution in [-0.2, 0) is 4.79 Å². The van der Waals surface area contributed by atoms with Crippen LogP contribution < -0.4 is 15.8 Å². The first-order chi connectivity index (χ1) is 10.5. The third kappa shape index (κ3) is 5.27. The molecule has 1 heterocycles. The maximum atomic E-state index is 12.8. The number of nitrogens with zero attached hydrogens (tertiary/aromatic N) is 1. The Bertz CT molecular complexity index is 471. The number of hydrogen-bond donors (Lipinski definition) is 2. The molecular weight excluding hydrogens is 285 g/mol. The maximum absolute atomic E-state index is 12.8. The van der Waals surface area contributed by atoms with Gasteiger partial charge < -0.3 is 15.8 Å².